The molecule has 0 spiro atoms. The number of amides is 1. The number of alkyl halides is 1. The van der Waals surface area contributed by atoms with Gasteiger partial charge in [0.1, 0.15) is 36.8 Å². The van der Waals surface area contributed by atoms with Gasteiger partial charge in [-0.15, -0.1) is 5.10 Å². The number of cyclic esters (lactones) is 1. The second-order valence-corrected chi connectivity index (χ2v) is 25.1. The van der Waals surface area contributed by atoms with Crippen molar-refractivity contribution >= 4 is 29.6 Å². The Morgan fingerprint density at radius 1 is 0.963 bits per heavy atom. The molecular weight excluding hydrogens is 1060 g/mol. The number of ketones is 1. The molecule has 4 fully saturated rings. The van der Waals surface area contributed by atoms with E-state index in [1.54, 1.807) is 70.8 Å². The number of aliphatic hydroxyl groups excluding tert-OH is 2. The minimum Gasteiger partial charge on any atom is -0.458 e. The molecule has 1 amide bonds. The quantitative estimate of drug-likeness (QED) is 0.0739. The lowest BCUT2D eigenvalue weighted by Gasteiger charge is -2.52. The number of hydrazine groups is 1. The molecule has 1 unspecified atom stereocenters. The number of hydrogen-bond acceptors (Lipinski definition) is 18. The first kappa shape index (κ1) is 64.4. The van der Waals surface area contributed by atoms with Gasteiger partial charge in [0, 0.05) is 82.5 Å². The van der Waals surface area contributed by atoms with Crippen molar-refractivity contribution in [2.75, 3.05) is 53.0 Å². The summed E-state index contributed by atoms with van der Waals surface area (Å²) < 4.78 is 62.3. The standard InChI is InChI=1S/C60H92FN7O12S/c1-15-48-60(10)52(68(57(73)80-60)63-25-17-27-81-14)39(6)50(69)35(2)30-59(9,75-13)54(37(4)49(38(5)55(72)78-48)47-31-58(8,74-12)53(71)40(7)77-47)79-56-51(70)46(28-36(3)76-56)66(11)26-23-44-34-67(65-64-44)45(32-61)29-41-19-21-42(22-20-41)43-18-16-24-62-33-43/h16,18-22,24,33-40,45-49,51-54,56,63,70-71H,15,17,23,25-32H2,1-14H3/t35-,36-,37+,38-,39+,40+,45+,46+,47-,48-,49?,51-,52-,53+,54-,56+,58-,59-,60-/m1/s1. The van der Waals surface area contributed by atoms with E-state index in [2.05, 4.69) is 25.6 Å². The van der Waals surface area contributed by atoms with Crippen LogP contribution in [-0.4, -0.2) is 189 Å². The van der Waals surface area contributed by atoms with E-state index in [1.807, 2.05) is 97.4 Å². The van der Waals surface area contributed by atoms with Crippen molar-refractivity contribution < 1.29 is 62.1 Å². The molecule has 0 bridgehead atoms. The van der Waals surface area contributed by atoms with E-state index in [1.165, 1.54) is 5.01 Å². The van der Waals surface area contributed by atoms with Gasteiger partial charge in [-0.1, -0.05) is 70.2 Å². The van der Waals surface area contributed by atoms with Crippen LogP contribution in [0, 0.1) is 29.6 Å². The highest BCUT2D eigenvalue weighted by Gasteiger charge is 2.62. The van der Waals surface area contributed by atoms with Crippen LogP contribution in [-0.2, 0) is 55.6 Å². The Bertz CT molecular complexity index is 2520. The molecule has 1 aromatic carbocycles. The van der Waals surface area contributed by atoms with Gasteiger partial charge in [-0.2, -0.15) is 11.8 Å². The van der Waals surface area contributed by atoms with E-state index in [0.717, 1.165) is 28.9 Å². The van der Waals surface area contributed by atoms with E-state index in [9.17, 15) is 19.4 Å². The summed E-state index contributed by atoms with van der Waals surface area (Å²) in [5, 5.41) is 34.2. The number of pyridine rings is 1. The Labute approximate surface area is 483 Å². The summed E-state index contributed by atoms with van der Waals surface area (Å²) in [7, 11) is 5.03. The monoisotopic (exact) mass is 1150 g/mol. The summed E-state index contributed by atoms with van der Waals surface area (Å²) in [5.41, 5.74) is 3.11. The fourth-order valence-electron chi connectivity index (χ4n) is 13.5. The van der Waals surface area contributed by atoms with E-state index >= 15 is 9.59 Å². The molecule has 81 heavy (non-hydrogen) atoms. The van der Waals surface area contributed by atoms with Gasteiger partial charge in [0.05, 0.1) is 53.3 Å². The van der Waals surface area contributed by atoms with Gasteiger partial charge < -0.3 is 48.3 Å². The van der Waals surface area contributed by atoms with Crippen molar-refractivity contribution in [2.24, 2.45) is 29.6 Å². The number of nitrogens with zero attached hydrogens (tertiary/aromatic N) is 6. The number of carbonyl (C=O) groups excluding carboxylic acids is 3. The number of fused-ring (bicyclic) bond motifs is 1. The first-order chi connectivity index (χ1) is 38.5. The molecule has 3 aromatic rings. The summed E-state index contributed by atoms with van der Waals surface area (Å²) in [4.78, 5) is 50.6. The Balaban J connectivity index is 1.18. The Morgan fingerprint density at radius 3 is 2.32 bits per heavy atom. The van der Waals surface area contributed by atoms with Crippen molar-refractivity contribution in [2.45, 2.75) is 198 Å². The Kier molecular flexibility index (Phi) is 22.0. The van der Waals surface area contributed by atoms with Crippen LogP contribution >= 0.6 is 11.8 Å². The number of hydrogen-bond donors (Lipinski definition) is 3. The number of esters is 1. The molecule has 19 nitrogen and oxygen atoms in total. The SMILES string of the molecule is CC[C@H]1OC(=O)[C@H](C)C([C@H]2C[C@@](C)(OC)[C@@H](O)[C@H](C)O2)[C@H](C)[C@@H](O[C@@H]2O[C@H](C)C[C@H](N(C)CCc3cn([C@H](CF)Cc4ccc(-c5cccnc5)cc4)nn3)[C@H]2O)[C@](C)(OC)C[C@@H](C)C(=O)[C@H](C)[C@H]2N(NCCCSC)C(=O)O[C@]12C. The Morgan fingerprint density at radius 2 is 1.68 bits per heavy atom. The topological polar surface area (TPSA) is 218 Å². The van der Waals surface area contributed by atoms with Crippen LogP contribution in [0.5, 0.6) is 0 Å². The molecule has 6 heterocycles. The van der Waals surface area contributed by atoms with Gasteiger partial charge in [-0.3, -0.25) is 14.6 Å². The molecule has 4 aliphatic heterocycles. The van der Waals surface area contributed by atoms with E-state index in [-0.39, 0.29) is 31.1 Å². The largest absolute Gasteiger partial charge is 0.458 e. The maximum atomic E-state index is 15.2. The first-order valence-electron chi connectivity index (χ1n) is 29.1. The summed E-state index contributed by atoms with van der Waals surface area (Å²) in [6.45, 7) is 18.7. The molecule has 0 radical (unpaired) electrons. The summed E-state index contributed by atoms with van der Waals surface area (Å²) >= 11 is 1.69. The minimum atomic E-state index is -1.44. The van der Waals surface area contributed by atoms with Crippen LogP contribution in [0.4, 0.5) is 9.18 Å². The summed E-state index contributed by atoms with van der Waals surface area (Å²) in [5.74, 6) is -3.68. The predicted molar refractivity (Wildman–Crippen MR) is 306 cm³/mol. The van der Waals surface area contributed by atoms with E-state index in [4.69, 9.17) is 33.2 Å². The fourth-order valence-corrected chi connectivity index (χ4v) is 13.9. The maximum Gasteiger partial charge on any atom is 0.425 e. The van der Waals surface area contributed by atoms with Crippen molar-refractivity contribution in [3.05, 3.63) is 66.2 Å². The first-order valence-corrected chi connectivity index (χ1v) is 30.4. The highest BCUT2D eigenvalue weighted by molar-refractivity contribution is 7.98. The van der Waals surface area contributed by atoms with Gasteiger partial charge >= 0.3 is 12.1 Å². The molecule has 0 saturated carbocycles. The molecule has 0 aliphatic carbocycles. The van der Waals surface area contributed by atoms with Crippen molar-refractivity contribution in [1.29, 1.82) is 0 Å². The lowest BCUT2D eigenvalue weighted by molar-refractivity contribution is -0.305. The zero-order valence-corrected chi connectivity index (χ0v) is 51.0. The number of halogens is 1. The number of carbonyl (C=O) groups is 3. The second-order valence-electron chi connectivity index (χ2n) is 24.1. The van der Waals surface area contributed by atoms with Crippen LogP contribution in [0.3, 0.4) is 0 Å². The third-order valence-corrected chi connectivity index (χ3v) is 19.0. The second kappa shape index (κ2) is 27.7. The third kappa shape index (κ3) is 14.2. The van der Waals surface area contributed by atoms with Crippen LogP contribution in [0.15, 0.2) is 55.0 Å². The number of rotatable bonds is 20. The molecule has 4 aliphatic rings. The number of Topliss-reactive ketones (excluding diaryl/α,β-unsaturated/α-hetero) is 1. The number of methoxy groups -OCH3 is 2. The van der Waals surface area contributed by atoms with Crippen molar-refractivity contribution in [1.82, 2.24) is 35.3 Å². The molecule has 2 aromatic heterocycles. The molecular formula is C60H92FN7O12S. The number of benzene rings is 1. The molecule has 19 atom stereocenters. The van der Waals surface area contributed by atoms with Gasteiger partial charge in [0.25, 0.3) is 0 Å². The molecule has 4 saturated heterocycles. The van der Waals surface area contributed by atoms with E-state index < -0.39 is 126 Å². The van der Waals surface area contributed by atoms with Crippen molar-refractivity contribution in [3.8, 4) is 11.1 Å². The molecule has 452 valence electrons. The minimum absolute atomic E-state index is 0.129. The van der Waals surface area contributed by atoms with Gasteiger partial charge in [-0.05, 0) is 114 Å². The van der Waals surface area contributed by atoms with Crippen LogP contribution < -0.4 is 5.43 Å². The lowest BCUT2D eigenvalue weighted by Crippen LogP contribution is -2.63. The zero-order valence-electron chi connectivity index (χ0n) is 50.2. The number of aromatic nitrogens is 4. The average Bonchev–Trinajstić information content (AvgIpc) is 4.07. The number of ether oxygens (including phenoxy) is 7. The van der Waals surface area contributed by atoms with Crippen LogP contribution in [0.2, 0.25) is 0 Å². The van der Waals surface area contributed by atoms with E-state index in [0.29, 0.717) is 38.0 Å². The summed E-state index contributed by atoms with van der Waals surface area (Å²) in [6, 6.07) is 10.0. The van der Waals surface area contributed by atoms with Crippen molar-refractivity contribution in [3.63, 3.8) is 0 Å². The normalized spacial score (nSPS) is 36.7. The number of aliphatic hydroxyl groups is 2. The Hall–Kier alpha value is -4.16. The summed E-state index contributed by atoms with van der Waals surface area (Å²) in [6.07, 6.45) is 2.17. The maximum absolute atomic E-state index is 15.2. The average molecular weight is 1150 g/mol. The van der Waals surface area contributed by atoms with Gasteiger partial charge in [0.15, 0.2) is 11.9 Å². The fraction of sp³-hybridized carbons (Fsp3) is 0.733. The smallest absolute Gasteiger partial charge is 0.425 e. The number of nitrogens with one attached hydrogen (secondary N) is 1. The van der Waals surface area contributed by atoms with Crippen LogP contribution in [0.25, 0.3) is 11.1 Å². The highest BCUT2D eigenvalue weighted by Crippen LogP contribution is 2.47. The molecule has 3 N–H and O–H groups in total. The number of likely N-dealkylation sites (N-methyl/N-ethyl adjacent to an activating group) is 1. The lowest BCUT2D eigenvalue weighted by atomic mass is 9.67. The van der Waals surface area contributed by atoms with Gasteiger partial charge in [-0.25, -0.2) is 24.3 Å². The third-order valence-electron chi connectivity index (χ3n) is 18.3. The predicted octanol–water partition coefficient (Wildman–Crippen LogP) is 7.46. The number of thioether (sulfide) groups is 1. The van der Waals surface area contributed by atoms with Crippen LogP contribution in [0.1, 0.15) is 119 Å². The van der Waals surface area contributed by atoms with Gasteiger partial charge in [0.2, 0.25) is 0 Å². The molecule has 7 rings (SSSR count). The molecule has 21 heteroatoms. The highest BCUT2D eigenvalue weighted by atomic mass is 32.2. The zero-order chi connectivity index (χ0) is 59.1.